The molecule has 1 nitrogen and oxygen atoms in total. The molecule has 0 atom stereocenters. The summed E-state index contributed by atoms with van der Waals surface area (Å²) in [4.78, 5) is 2.41. The third-order valence-electron chi connectivity index (χ3n) is 4.33. The Kier molecular flexibility index (Phi) is 15.5. The van der Waals surface area contributed by atoms with Gasteiger partial charge in [0.1, 0.15) is 0 Å². The summed E-state index contributed by atoms with van der Waals surface area (Å²) < 4.78 is 0. The van der Waals surface area contributed by atoms with E-state index in [9.17, 15) is 0 Å². The monoisotopic (exact) mass is 303 g/mol. The Morgan fingerprint density at radius 2 is 1.35 bits per heavy atom. The zero-order valence-corrected chi connectivity index (χ0v) is 15.2. The molecule has 0 aromatic carbocycles. The number of nitrogens with zero attached hydrogens (tertiary/aromatic N) is 1. The third-order valence-corrected chi connectivity index (χ3v) is 4.33. The van der Waals surface area contributed by atoms with Crippen molar-refractivity contribution in [2.24, 2.45) is 0 Å². The fraction of sp³-hybridized carbons (Fsp3) is 0.889. The van der Waals surface area contributed by atoms with Crippen LogP contribution < -0.4 is 0 Å². The topological polar surface area (TPSA) is 3.24 Å². The zero-order chi connectivity index (χ0) is 14.6. The van der Waals surface area contributed by atoms with Gasteiger partial charge in [0.25, 0.3) is 0 Å². The third kappa shape index (κ3) is 11.8. The predicted molar refractivity (Wildman–Crippen MR) is 96.0 cm³/mol. The standard InChI is InChI=1S/C18H37N.ClH/c1-6-8-9-10-11-12-13-14-15-16-18(3,4)19(5)17-7-2;/h7H,2,6,8-17H2,1,3-5H3;1H. The summed E-state index contributed by atoms with van der Waals surface area (Å²) in [6, 6.07) is 0. The van der Waals surface area contributed by atoms with E-state index in [1.54, 1.807) is 0 Å². The van der Waals surface area contributed by atoms with Crippen LogP contribution in [0.15, 0.2) is 12.7 Å². The summed E-state index contributed by atoms with van der Waals surface area (Å²) >= 11 is 0. The summed E-state index contributed by atoms with van der Waals surface area (Å²) in [5.74, 6) is 0. The van der Waals surface area contributed by atoms with Crippen LogP contribution in [0.5, 0.6) is 0 Å². The molecule has 0 aliphatic carbocycles. The quantitative estimate of drug-likeness (QED) is 0.288. The summed E-state index contributed by atoms with van der Waals surface area (Å²) in [6.07, 6.45) is 16.0. The van der Waals surface area contributed by atoms with E-state index in [1.165, 1.54) is 64.2 Å². The van der Waals surface area contributed by atoms with E-state index in [1.807, 2.05) is 6.08 Å². The molecule has 0 unspecified atom stereocenters. The Hall–Kier alpha value is -0.0100. The normalized spacial score (nSPS) is 11.4. The maximum absolute atomic E-state index is 3.82. The highest BCUT2D eigenvalue weighted by molar-refractivity contribution is 5.85. The van der Waals surface area contributed by atoms with Gasteiger partial charge in [0.15, 0.2) is 0 Å². The van der Waals surface area contributed by atoms with Gasteiger partial charge in [-0.05, 0) is 27.3 Å². The molecule has 0 fully saturated rings. The molecule has 0 aromatic rings. The van der Waals surface area contributed by atoms with Crippen LogP contribution in [0.4, 0.5) is 0 Å². The fourth-order valence-electron chi connectivity index (χ4n) is 2.50. The number of unbranched alkanes of at least 4 members (excludes halogenated alkanes) is 8. The lowest BCUT2D eigenvalue weighted by atomic mass is 9.94. The Bertz CT molecular complexity index is 213. The average Bonchev–Trinajstić information content (AvgIpc) is 2.37. The van der Waals surface area contributed by atoms with E-state index < -0.39 is 0 Å². The molecule has 0 N–H and O–H groups in total. The van der Waals surface area contributed by atoms with E-state index in [4.69, 9.17) is 0 Å². The molecule has 2 heteroatoms. The Morgan fingerprint density at radius 3 is 1.80 bits per heavy atom. The van der Waals surface area contributed by atoms with E-state index in [2.05, 4.69) is 39.3 Å². The Labute approximate surface area is 134 Å². The van der Waals surface area contributed by atoms with Crippen LogP contribution in [-0.4, -0.2) is 24.0 Å². The summed E-state index contributed by atoms with van der Waals surface area (Å²) in [5, 5.41) is 0. The van der Waals surface area contributed by atoms with Gasteiger partial charge in [0, 0.05) is 12.1 Å². The molecule has 0 aliphatic rings. The van der Waals surface area contributed by atoms with Gasteiger partial charge in [-0.15, -0.1) is 19.0 Å². The van der Waals surface area contributed by atoms with Crippen LogP contribution >= 0.6 is 12.4 Å². The molecule has 0 rings (SSSR count). The highest BCUT2D eigenvalue weighted by Crippen LogP contribution is 2.21. The Morgan fingerprint density at radius 1 is 0.900 bits per heavy atom. The highest BCUT2D eigenvalue weighted by atomic mass is 35.5. The first-order valence-corrected chi connectivity index (χ1v) is 8.36. The van der Waals surface area contributed by atoms with Crippen molar-refractivity contribution in [3.05, 3.63) is 12.7 Å². The Balaban J connectivity index is 0. The maximum Gasteiger partial charge on any atom is 0.0162 e. The molecular formula is C18H38ClN. The van der Waals surface area contributed by atoms with Crippen molar-refractivity contribution < 1.29 is 0 Å². The predicted octanol–water partition coefficient (Wildman–Crippen LogP) is 6.23. The van der Waals surface area contributed by atoms with Crippen LogP contribution in [0.25, 0.3) is 0 Å². The molecule has 0 amide bonds. The van der Waals surface area contributed by atoms with Gasteiger partial charge in [-0.1, -0.05) is 70.8 Å². The van der Waals surface area contributed by atoms with E-state index in [-0.39, 0.29) is 12.4 Å². The van der Waals surface area contributed by atoms with E-state index in [0.29, 0.717) is 5.54 Å². The average molecular weight is 304 g/mol. The van der Waals surface area contributed by atoms with Gasteiger partial charge in [0.05, 0.1) is 0 Å². The first kappa shape index (κ1) is 22.3. The summed E-state index contributed by atoms with van der Waals surface area (Å²) in [7, 11) is 2.20. The van der Waals surface area contributed by atoms with Crippen molar-refractivity contribution in [1.82, 2.24) is 4.90 Å². The van der Waals surface area contributed by atoms with Crippen molar-refractivity contribution in [2.75, 3.05) is 13.6 Å². The van der Waals surface area contributed by atoms with Crippen LogP contribution in [0.2, 0.25) is 0 Å². The number of halogens is 1. The lowest BCUT2D eigenvalue weighted by molar-refractivity contribution is 0.158. The molecule has 0 saturated carbocycles. The van der Waals surface area contributed by atoms with Crippen molar-refractivity contribution in [2.45, 2.75) is 90.5 Å². The molecule has 0 saturated heterocycles. The minimum atomic E-state index is 0. The molecule has 122 valence electrons. The number of rotatable bonds is 13. The minimum absolute atomic E-state index is 0. The number of likely N-dealkylation sites (N-methyl/N-ethyl adjacent to an activating group) is 1. The van der Waals surface area contributed by atoms with Gasteiger partial charge in [-0.2, -0.15) is 0 Å². The molecule has 20 heavy (non-hydrogen) atoms. The highest BCUT2D eigenvalue weighted by Gasteiger charge is 2.21. The SMILES string of the molecule is C=CCN(C)C(C)(C)CCCCCCCCCCC.Cl. The van der Waals surface area contributed by atoms with Crippen LogP contribution in [-0.2, 0) is 0 Å². The van der Waals surface area contributed by atoms with Crippen molar-refractivity contribution in [1.29, 1.82) is 0 Å². The van der Waals surface area contributed by atoms with E-state index >= 15 is 0 Å². The van der Waals surface area contributed by atoms with E-state index in [0.717, 1.165) is 6.54 Å². The van der Waals surface area contributed by atoms with Crippen molar-refractivity contribution >= 4 is 12.4 Å². The molecule has 0 aliphatic heterocycles. The largest absolute Gasteiger partial charge is 0.298 e. The zero-order valence-electron chi connectivity index (χ0n) is 14.4. The molecule has 0 aromatic heterocycles. The second-order valence-corrected chi connectivity index (χ2v) is 6.56. The first-order valence-electron chi connectivity index (χ1n) is 8.36. The van der Waals surface area contributed by atoms with Crippen LogP contribution in [0.1, 0.15) is 85.0 Å². The molecular weight excluding hydrogens is 266 g/mol. The number of hydrogen-bond donors (Lipinski definition) is 0. The molecule has 0 bridgehead atoms. The molecule has 0 spiro atoms. The summed E-state index contributed by atoms with van der Waals surface area (Å²) in [6.45, 7) is 11.8. The molecule has 0 radical (unpaired) electrons. The van der Waals surface area contributed by atoms with Gasteiger partial charge in [-0.25, -0.2) is 0 Å². The van der Waals surface area contributed by atoms with Crippen LogP contribution in [0, 0.1) is 0 Å². The van der Waals surface area contributed by atoms with Gasteiger partial charge in [0.2, 0.25) is 0 Å². The maximum atomic E-state index is 3.82. The second-order valence-electron chi connectivity index (χ2n) is 6.56. The second kappa shape index (κ2) is 13.9. The van der Waals surface area contributed by atoms with Gasteiger partial charge >= 0.3 is 0 Å². The van der Waals surface area contributed by atoms with Crippen molar-refractivity contribution in [3.63, 3.8) is 0 Å². The van der Waals surface area contributed by atoms with Crippen LogP contribution in [0.3, 0.4) is 0 Å². The van der Waals surface area contributed by atoms with Crippen molar-refractivity contribution in [3.8, 4) is 0 Å². The smallest absolute Gasteiger partial charge is 0.0162 e. The molecule has 0 heterocycles. The van der Waals surface area contributed by atoms with Gasteiger partial charge in [-0.3, -0.25) is 4.90 Å². The lowest BCUT2D eigenvalue weighted by Crippen LogP contribution is -2.40. The minimum Gasteiger partial charge on any atom is -0.298 e. The summed E-state index contributed by atoms with van der Waals surface area (Å²) in [5.41, 5.74) is 0.315. The fourth-order valence-corrected chi connectivity index (χ4v) is 2.50. The first-order chi connectivity index (χ1) is 9.04. The lowest BCUT2D eigenvalue weighted by Gasteiger charge is -2.35. The van der Waals surface area contributed by atoms with Gasteiger partial charge < -0.3 is 0 Å². The number of hydrogen-bond acceptors (Lipinski definition) is 1.